The maximum atomic E-state index is 13.5. The van der Waals surface area contributed by atoms with Crippen molar-refractivity contribution < 1.29 is 4.39 Å². The maximum Gasteiger partial charge on any atom is 0.191 e. The molecule has 0 saturated heterocycles. The van der Waals surface area contributed by atoms with Gasteiger partial charge >= 0.3 is 0 Å². The molecule has 0 unspecified atom stereocenters. The van der Waals surface area contributed by atoms with Gasteiger partial charge in [-0.15, -0.1) is 0 Å². The first kappa shape index (κ1) is 15.8. The highest BCUT2D eigenvalue weighted by molar-refractivity contribution is 5.79. The lowest BCUT2D eigenvalue weighted by atomic mass is 10.2. The zero-order valence-corrected chi connectivity index (χ0v) is 12.9. The molecule has 21 heavy (non-hydrogen) atoms. The summed E-state index contributed by atoms with van der Waals surface area (Å²) < 4.78 is 13.5. The summed E-state index contributed by atoms with van der Waals surface area (Å²) in [4.78, 5) is 6.65. The van der Waals surface area contributed by atoms with E-state index in [1.807, 2.05) is 6.07 Å². The predicted octanol–water partition coefficient (Wildman–Crippen LogP) is 1.97. The van der Waals surface area contributed by atoms with Crippen molar-refractivity contribution >= 4 is 5.96 Å². The van der Waals surface area contributed by atoms with Crippen LogP contribution in [0.3, 0.4) is 0 Å². The first-order valence-electron chi connectivity index (χ1n) is 7.66. The third-order valence-corrected chi connectivity index (χ3v) is 3.79. The molecular formula is C16H25FN4. The molecule has 1 saturated carbocycles. The van der Waals surface area contributed by atoms with Crippen molar-refractivity contribution in [2.24, 2.45) is 4.99 Å². The van der Waals surface area contributed by atoms with Crippen LogP contribution < -0.4 is 10.6 Å². The SMILES string of the molecule is CCN(CCNC(=NC)NCc1ccccc1F)C1CC1. The van der Waals surface area contributed by atoms with Gasteiger partial charge in [-0.2, -0.15) is 0 Å². The van der Waals surface area contributed by atoms with Crippen molar-refractivity contribution in [1.82, 2.24) is 15.5 Å². The predicted molar refractivity (Wildman–Crippen MR) is 84.9 cm³/mol. The van der Waals surface area contributed by atoms with Gasteiger partial charge in [0.25, 0.3) is 0 Å². The molecule has 5 heteroatoms. The highest BCUT2D eigenvalue weighted by Crippen LogP contribution is 2.25. The van der Waals surface area contributed by atoms with Gasteiger partial charge in [0.05, 0.1) is 0 Å². The van der Waals surface area contributed by atoms with E-state index < -0.39 is 0 Å². The van der Waals surface area contributed by atoms with E-state index in [9.17, 15) is 4.39 Å². The number of aliphatic imine (C=N–C) groups is 1. The number of hydrogen-bond donors (Lipinski definition) is 2. The molecule has 2 N–H and O–H groups in total. The lowest BCUT2D eigenvalue weighted by Gasteiger charge is -2.20. The third-order valence-electron chi connectivity index (χ3n) is 3.79. The van der Waals surface area contributed by atoms with Crippen LogP contribution in [-0.4, -0.2) is 43.6 Å². The highest BCUT2D eigenvalue weighted by atomic mass is 19.1. The van der Waals surface area contributed by atoms with Gasteiger partial charge in [-0.25, -0.2) is 4.39 Å². The number of nitrogens with one attached hydrogen (secondary N) is 2. The van der Waals surface area contributed by atoms with Crippen LogP contribution in [0.2, 0.25) is 0 Å². The molecule has 1 aromatic rings. The van der Waals surface area contributed by atoms with Crippen LogP contribution in [0, 0.1) is 5.82 Å². The van der Waals surface area contributed by atoms with Gasteiger partial charge in [-0.05, 0) is 25.5 Å². The molecule has 0 bridgehead atoms. The Morgan fingerprint density at radius 1 is 1.33 bits per heavy atom. The minimum absolute atomic E-state index is 0.189. The van der Waals surface area contributed by atoms with E-state index in [0.29, 0.717) is 18.1 Å². The zero-order valence-electron chi connectivity index (χ0n) is 12.9. The molecule has 0 atom stereocenters. The number of nitrogens with zero attached hydrogens (tertiary/aromatic N) is 2. The molecule has 0 aliphatic heterocycles. The standard InChI is InChI=1S/C16H25FN4/c1-3-21(14-8-9-14)11-10-19-16(18-2)20-12-13-6-4-5-7-15(13)17/h4-7,14H,3,8-12H2,1-2H3,(H2,18,19,20). The van der Waals surface area contributed by atoms with Crippen molar-refractivity contribution in [3.05, 3.63) is 35.6 Å². The minimum Gasteiger partial charge on any atom is -0.355 e. The summed E-state index contributed by atoms with van der Waals surface area (Å²) in [6.07, 6.45) is 2.65. The van der Waals surface area contributed by atoms with Crippen molar-refractivity contribution in [2.45, 2.75) is 32.4 Å². The van der Waals surface area contributed by atoms with E-state index in [0.717, 1.165) is 25.7 Å². The third kappa shape index (κ3) is 5.01. The Kier molecular flexibility index (Phi) is 5.99. The van der Waals surface area contributed by atoms with Crippen molar-refractivity contribution in [1.29, 1.82) is 0 Å². The Morgan fingerprint density at radius 2 is 2.10 bits per heavy atom. The first-order valence-corrected chi connectivity index (χ1v) is 7.66. The Morgan fingerprint density at radius 3 is 2.71 bits per heavy atom. The monoisotopic (exact) mass is 292 g/mol. The van der Waals surface area contributed by atoms with Gasteiger partial charge in [-0.3, -0.25) is 9.89 Å². The molecule has 0 spiro atoms. The van der Waals surface area contributed by atoms with Crippen LogP contribution in [0.5, 0.6) is 0 Å². The van der Waals surface area contributed by atoms with Gasteiger partial charge in [0, 0.05) is 38.3 Å². The van der Waals surface area contributed by atoms with Crippen LogP contribution >= 0.6 is 0 Å². The molecule has 1 aliphatic carbocycles. The van der Waals surface area contributed by atoms with Crippen molar-refractivity contribution in [2.75, 3.05) is 26.7 Å². The van der Waals surface area contributed by atoms with Crippen LogP contribution in [0.4, 0.5) is 4.39 Å². The second-order valence-corrected chi connectivity index (χ2v) is 5.30. The summed E-state index contributed by atoms with van der Waals surface area (Å²) in [5.41, 5.74) is 0.647. The summed E-state index contributed by atoms with van der Waals surface area (Å²) in [6, 6.07) is 7.57. The molecule has 1 fully saturated rings. The molecule has 116 valence electrons. The second kappa shape index (κ2) is 7.98. The lowest BCUT2D eigenvalue weighted by Crippen LogP contribution is -2.41. The van der Waals surface area contributed by atoms with E-state index in [4.69, 9.17) is 0 Å². The molecule has 0 aromatic heterocycles. The number of hydrogen-bond acceptors (Lipinski definition) is 2. The number of rotatable bonds is 7. The van der Waals surface area contributed by atoms with E-state index in [1.54, 1.807) is 19.2 Å². The van der Waals surface area contributed by atoms with Crippen molar-refractivity contribution in [3.63, 3.8) is 0 Å². The zero-order chi connectivity index (χ0) is 15.1. The van der Waals surface area contributed by atoms with Gasteiger partial charge in [0.2, 0.25) is 0 Å². The van der Waals surface area contributed by atoms with Crippen LogP contribution in [0.15, 0.2) is 29.3 Å². The normalized spacial score (nSPS) is 15.3. The average Bonchev–Trinajstić information content (AvgIpc) is 3.33. The molecular weight excluding hydrogens is 267 g/mol. The summed E-state index contributed by atoms with van der Waals surface area (Å²) in [5, 5.41) is 6.42. The number of likely N-dealkylation sites (N-methyl/N-ethyl adjacent to an activating group) is 1. The summed E-state index contributed by atoms with van der Waals surface area (Å²) >= 11 is 0. The van der Waals surface area contributed by atoms with Crippen LogP contribution in [0.25, 0.3) is 0 Å². The van der Waals surface area contributed by atoms with Gasteiger partial charge in [0.1, 0.15) is 5.82 Å². The van der Waals surface area contributed by atoms with E-state index >= 15 is 0 Å². The Labute approximate surface area is 126 Å². The quantitative estimate of drug-likeness (QED) is 0.596. The van der Waals surface area contributed by atoms with Crippen molar-refractivity contribution in [3.8, 4) is 0 Å². The fraction of sp³-hybridized carbons (Fsp3) is 0.562. The number of benzene rings is 1. The summed E-state index contributed by atoms with van der Waals surface area (Å²) in [5.74, 6) is 0.524. The molecule has 1 aliphatic rings. The largest absolute Gasteiger partial charge is 0.355 e. The topological polar surface area (TPSA) is 39.7 Å². The summed E-state index contributed by atoms with van der Waals surface area (Å²) in [6.45, 7) is 5.59. The second-order valence-electron chi connectivity index (χ2n) is 5.30. The Balaban J connectivity index is 1.72. The number of guanidine groups is 1. The molecule has 2 rings (SSSR count). The van der Waals surface area contributed by atoms with Crippen LogP contribution in [-0.2, 0) is 6.54 Å². The van der Waals surface area contributed by atoms with E-state index in [2.05, 4.69) is 27.4 Å². The Bertz CT molecular complexity index is 471. The lowest BCUT2D eigenvalue weighted by molar-refractivity contribution is 0.282. The van der Waals surface area contributed by atoms with Gasteiger partial charge < -0.3 is 10.6 Å². The van der Waals surface area contributed by atoms with E-state index in [-0.39, 0.29) is 5.82 Å². The minimum atomic E-state index is -0.189. The molecule has 0 amide bonds. The Hall–Kier alpha value is -1.62. The fourth-order valence-corrected chi connectivity index (χ4v) is 2.40. The van der Waals surface area contributed by atoms with E-state index in [1.165, 1.54) is 18.9 Å². The average molecular weight is 292 g/mol. The number of halogens is 1. The first-order chi connectivity index (χ1) is 10.2. The van der Waals surface area contributed by atoms with Gasteiger partial charge in [0.15, 0.2) is 5.96 Å². The smallest absolute Gasteiger partial charge is 0.191 e. The molecule has 1 aromatic carbocycles. The molecule has 0 heterocycles. The maximum absolute atomic E-state index is 13.5. The fourth-order valence-electron chi connectivity index (χ4n) is 2.40. The van der Waals surface area contributed by atoms with Gasteiger partial charge in [-0.1, -0.05) is 25.1 Å². The molecule has 0 radical (unpaired) electrons. The molecule has 4 nitrogen and oxygen atoms in total. The highest BCUT2D eigenvalue weighted by Gasteiger charge is 2.27. The van der Waals surface area contributed by atoms with Crippen LogP contribution in [0.1, 0.15) is 25.3 Å². The summed E-state index contributed by atoms with van der Waals surface area (Å²) in [7, 11) is 1.73.